The van der Waals surface area contributed by atoms with Gasteiger partial charge in [-0.15, -0.1) is 0 Å². The molecule has 0 heterocycles. The first-order valence-electron chi connectivity index (χ1n) is 6.93. The van der Waals surface area contributed by atoms with Crippen LogP contribution in [0.3, 0.4) is 0 Å². The molecule has 0 amide bonds. The number of methoxy groups -OCH3 is 1. The molecule has 0 radical (unpaired) electrons. The molecule has 2 rings (SSSR count). The van der Waals surface area contributed by atoms with Crippen LogP contribution < -0.4 is 15.2 Å². The van der Waals surface area contributed by atoms with Crippen LogP contribution in [0.4, 0.5) is 0 Å². The Balaban J connectivity index is 1.84. The highest BCUT2D eigenvalue weighted by molar-refractivity contribution is 5.32. The summed E-state index contributed by atoms with van der Waals surface area (Å²) in [5.41, 5.74) is 7.12. The molecule has 0 aliphatic rings. The van der Waals surface area contributed by atoms with Crippen LogP contribution in [0.2, 0.25) is 0 Å². The Morgan fingerprint density at radius 2 is 1.76 bits per heavy atom. The molecule has 2 aromatic rings. The molecule has 4 heteroatoms. The summed E-state index contributed by atoms with van der Waals surface area (Å²) in [6.45, 7) is 0.154. The summed E-state index contributed by atoms with van der Waals surface area (Å²) in [4.78, 5) is 0. The van der Waals surface area contributed by atoms with Crippen molar-refractivity contribution in [3.63, 3.8) is 0 Å². The van der Waals surface area contributed by atoms with Gasteiger partial charge >= 0.3 is 0 Å². The fourth-order valence-electron chi connectivity index (χ4n) is 2.02. The van der Waals surface area contributed by atoms with Crippen molar-refractivity contribution in [1.29, 1.82) is 0 Å². The maximum Gasteiger partial charge on any atom is 0.123 e. The number of hydrogen-bond acceptors (Lipinski definition) is 4. The summed E-state index contributed by atoms with van der Waals surface area (Å²) >= 11 is 0. The summed E-state index contributed by atoms with van der Waals surface area (Å²) in [5, 5.41) is 10.1. The Labute approximate surface area is 125 Å². The van der Waals surface area contributed by atoms with E-state index in [-0.39, 0.29) is 12.6 Å². The smallest absolute Gasteiger partial charge is 0.123 e. The molecule has 3 N–H and O–H groups in total. The lowest BCUT2D eigenvalue weighted by atomic mass is 10.0. The number of benzene rings is 2. The first kappa shape index (κ1) is 15.4. The average Bonchev–Trinajstić information content (AvgIpc) is 2.53. The number of aliphatic hydroxyl groups excluding tert-OH is 1. The second-order valence-corrected chi connectivity index (χ2v) is 4.91. The molecule has 0 aromatic heterocycles. The van der Waals surface area contributed by atoms with Crippen LogP contribution in [-0.2, 0) is 6.42 Å². The standard InChI is InChI=1S/C17H21NO3/c1-20-14-8-5-9-15(11-14)21-12-17(19)16(18)10-13-6-3-2-4-7-13/h2-9,11,16-17,19H,10,12,18H2,1H3. The summed E-state index contributed by atoms with van der Waals surface area (Å²) in [5.74, 6) is 1.37. The molecule has 112 valence electrons. The molecule has 0 aliphatic heterocycles. The van der Waals surface area contributed by atoms with E-state index in [1.165, 1.54) is 0 Å². The van der Waals surface area contributed by atoms with Crippen molar-refractivity contribution in [3.8, 4) is 11.5 Å². The van der Waals surface area contributed by atoms with Gasteiger partial charge in [0.2, 0.25) is 0 Å². The molecular weight excluding hydrogens is 266 g/mol. The normalized spacial score (nSPS) is 13.5. The quantitative estimate of drug-likeness (QED) is 0.817. The minimum atomic E-state index is -0.726. The molecule has 0 fully saturated rings. The summed E-state index contributed by atoms with van der Waals surface area (Å²) in [6.07, 6.45) is -0.111. The van der Waals surface area contributed by atoms with Gasteiger partial charge in [0.15, 0.2) is 0 Å². The maximum absolute atomic E-state index is 10.1. The third-order valence-electron chi connectivity index (χ3n) is 3.27. The van der Waals surface area contributed by atoms with E-state index >= 15 is 0 Å². The van der Waals surface area contributed by atoms with E-state index in [0.29, 0.717) is 12.2 Å². The van der Waals surface area contributed by atoms with Gasteiger partial charge in [-0.2, -0.15) is 0 Å². The van der Waals surface area contributed by atoms with E-state index in [9.17, 15) is 5.11 Å². The zero-order chi connectivity index (χ0) is 15.1. The number of aliphatic hydroxyl groups is 1. The van der Waals surface area contributed by atoms with Crippen LogP contribution >= 0.6 is 0 Å². The van der Waals surface area contributed by atoms with Gasteiger partial charge in [0.1, 0.15) is 24.2 Å². The minimum absolute atomic E-state index is 0.154. The number of rotatable bonds is 7. The fourth-order valence-corrected chi connectivity index (χ4v) is 2.02. The van der Waals surface area contributed by atoms with Gasteiger partial charge < -0.3 is 20.3 Å². The van der Waals surface area contributed by atoms with Crippen molar-refractivity contribution in [2.75, 3.05) is 13.7 Å². The van der Waals surface area contributed by atoms with Crippen molar-refractivity contribution in [2.24, 2.45) is 5.73 Å². The third kappa shape index (κ3) is 4.77. The average molecular weight is 287 g/mol. The highest BCUT2D eigenvalue weighted by atomic mass is 16.5. The van der Waals surface area contributed by atoms with Crippen LogP contribution in [0.25, 0.3) is 0 Å². The predicted molar refractivity (Wildman–Crippen MR) is 82.6 cm³/mol. The first-order chi connectivity index (χ1) is 10.2. The Kier molecular flexibility index (Phi) is 5.60. The minimum Gasteiger partial charge on any atom is -0.497 e. The van der Waals surface area contributed by atoms with Gasteiger partial charge in [-0.1, -0.05) is 36.4 Å². The van der Waals surface area contributed by atoms with Crippen LogP contribution in [0.5, 0.6) is 11.5 Å². The predicted octanol–water partition coefficient (Wildman–Crippen LogP) is 2.00. The molecule has 0 saturated carbocycles. The van der Waals surface area contributed by atoms with Crippen molar-refractivity contribution < 1.29 is 14.6 Å². The molecule has 0 bridgehead atoms. The van der Waals surface area contributed by atoms with Crippen LogP contribution in [0, 0.1) is 0 Å². The van der Waals surface area contributed by atoms with Gasteiger partial charge in [-0.3, -0.25) is 0 Å². The van der Waals surface area contributed by atoms with E-state index in [2.05, 4.69) is 0 Å². The highest BCUT2D eigenvalue weighted by Crippen LogP contribution is 2.19. The first-order valence-corrected chi connectivity index (χ1v) is 6.93. The second kappa shape index (κ2) is 7.67. The van der Waals surface area contributed by atoms with E-state index < -0.39 is 6.10 Å². The van der Waals surface area contributed by atoms with Crippen molar-refractivity contribution in [1.82, 2.24) is 0 Å². The van der Waals surface area contributed by atoms with Crippen LogP contribution in [-0.4, -0.2) is 31.0 Å². The lowest BCUT2D eigenvalue weighted by molar-refractivity contribution is 0.0850. The number of hydrogen-bond donors (Lipinski definition) is 2. The topological polar surface area (TPSA) is 64.7 Å². The number of ether oxygens (including phenoxy) is 2. The molecule has 2 aromatic carbocycles. The van der Waals surface area contributed by atoms with E-state index in [1.54, 1.807) is 13.2 Å². The highest BCUT2D eigenvalue weighted by Gasteiger charge is 2.16. The fraction of sp³-hybridized carbons (Fsp3) is 0.294. The van der Waals surface area contributed by atoms with Crippen molar-refractivity contribution >= 4 is 0 Å². The summed E-state index contributed by atoms with van der Waals surface area (Å²) in [6, 6.07) is 16.8. The Hall–Kier alpha value is -2.04. The van der Waals surface area contributed by atoms with E-state index in [0.717, 1.165) is 11.3 Å². The molecule has 0 saturated heterocycles. The zero-order valence-corrected chi connectivity index (χ0v) is 12.1. The van der Waals surface area contributed by atoms with Gasteiger partial charge in [-0.25, -0.2) is 0 Å². The number of nitrogens with two attached hydrogens (primary N) is 1. The molecular formula is C17H21NO3. The maximum atomic E-state index is 10.1. The summed E-state index contributed by atoms with van der Waals surface area (Å²) < 4.78 is 10.7. The second-order valence-electron chi connectivity index (χ2n) is 4.91. The largest absolute Gasteiger partial charge is 0.497 e. The third-order valence-corrected chi connectivity index (χ3v) is 3.27. The van der Waals surface area contributed by atoms with E-state index in [4.69, 9.17) is 15.2 Å². The molecule has 4 nitrogen and oxygen atoms in total. The Morgan fingerprint density at radius 1 is 1.05 bits per heavy atom. The van der Waals surface area contributed by atoms with Crippen LogP contribution in [0.15, 0.2) is 54.6 Å². The van der Waals surface area contributed by atoms with Crippen molar-refractivity contribution in [2.45, 2.75) is 18.6 Å². The van der Waals surface area contributed by atoms with Gasteiger partial charge in [0.05, 0.1) is 7.11 Å². The van der Waals surface area contributed by atoms with Gasteiger partial charge in [-0.05, 0) is 24.1 Å². The Morgan fingerprint density at radius 3 is 2.48 bits per heavy atom. The monoisotopic (exact) mass is 287 g/mol. The van der Waals surface area contributed by atoms with Gasteiger partial charge in [0, 0.05) is 12.1 Å². The Bertz CT molecular complexity index is 545. The molecule has 21 heavy (non-hydrogen) atoms. The van der Waals surface area contributed by atoms with Crippen LogP contribution in [0.1, 0.15) is 5.56 Å². The SMILES string of the molecule is COc1cccc(OCC(O)C(N)Cc2ccccc2)c1. The van der Waals surface area contributed by atoms with E-state index in [1.807, 2.05) is 48.5 Å². The lowest BCUT2D eigenvalue weighted by Crippen LogP contribution is -2.40. The van der Waals surface area contributed by atoms with Gasteiger partial charge in [0.25, 0.3) is 0 Å². The summed E-state index contributed by atoms with van der Waals surface area (Å²) in [7, 11) is 1.60. The lowest BCUT2D eigenvalue weighted by Gasteiger charge is -2.19. The zero-order valence-electron chi connectivity index (χ0n) is 12.1. The van der Waals surface area contributed by atoms with Crippen molar-refractivity contribution in [3.05, 3.63) is 60.2 Å². The molecule has 0 aliphatic carbocycles. The molecule has 0 spiro atoms. The molecule has 2 unspecified atom stereocenters. The molecule has 2 atom stereocenters.